The average Bonchev–Trinajstić information content (AvgIpc) is 2.79. The molecule has 0 atom stereocenters. The third kappa shape index (κ3) is 2.05. The first-order valence-corrected chi connectivity index (χ1v) is 5.87. The van der Waals surface area contributed by atoms with E-state index in [1.54, 1.807) is 6.20 Å². The van der Waals surface area contributed by atoms with Crippen molar-refractivity contribution >= 4 is 11.6 Å². The normalized spacial score (nSPS) is 13.0. The Morgan fingerprint density at radius 2 is 2.28 bits per heavy atom. The Morgan fingerprint density at radius 1 is 1.33 bits per heavy atom. The largest absolute Gasteiger partial charge is 0.381 e. The van der Waals surface area contributed by atoms with E-state index in [4.69, 9.17) is 0 Å². The fraction of sp³-hybridized carbons (Fsp3) is 0.143. The summed E-state index contributed by atoms with van der Waals surface area (Å²) in [5, 5.41) is 6.14. The Morgan fingerprint density at radius 3 is 3.11 bits per heavy atom. The number of benzene rings is 1. The molecule has 2 N–H and O–H groups in total. The van der Waals surface area contributed by atoms with Crippen molar-refractivity contribution in [3.8, 4) is 0 Å². The molecule has 1 aliphatic heterocycles. The van der Waals surface area contributed by atoms with E-state index in [0.717, 1.165) is 28.9 Å². The molecule has 90 valence electrons. The van der Waals surface area contributed by atoms with Gasteiger partial charge in [-0.1, -0.05) is 6.07 Å². The number of amides is 1. The number of fused-ring (bicyclic) bond motifs is 1. The highest BCUT2D eigenvalue weighted by Crippen LogP contribution is 2.20. The van der Waals surface area contributed by atoms with E-state index in [1.165, 1.54) is 0 Å². The number of anilines is 1. The number of nitrogens with zero attached hydrogens (tertiary/aromatic N) is 1. The number of carbonyl (C=O) groups is 1. The van der Waals surface area contributed by atoms with Crippen molar-refractivity contribution < 1.29 is 4.79 Å². The summed E-state index contributed by atoms with van der Waals surface area (Å²) in [6.45, 7) is 1.35. The highest BCUT2D eigenvalue weighted by Gasteiger charge is 2.18. The summed E-state index contributed by atoms with van der Waals surface area (Å²) in [4.78, 5) is 15.5. The molecular weight excluding hydrogens is 226 g/mol. The summed E-state index contributed by atoms with van der Waals surface area (Å²) in [5.74, 6) is 0.0174. The third-order valence-electron chi connectivity index (χ3n) is 3.01. The molecule has 1 aromatic carbocycles. The molecule has 18 heavy (non-hydrogen) atoms. The quantitative estimate of drug-likeness (QED) is 0.860. The van der Waals surface area contributed by atoms with Crippen LogP contribution < -0.4 is 10.6 Å². The second kappa shape index (κ2) is 4.49. The summed E-state index contributed by atoms with van der Waals surface area (Å²) in [6, 6.07) is 9.76. The van der Waals surface area contributed by atoms with Gasteiger partial charge in [-0.2, -0.15) is 0 Å². The minimum absolute atomic E-state index is 0.0174. The molecule has 1 aliphatic rings. The Labute approximate surface area is 105 Å². The molecule has 0 fully saturated rings. The molecule has 2 aromatic rings. The van der Waals surface area contributed by atoms with Gasteiger partial charge in [-0.05, 0) is 35.4 Å². The lowest BCUT2D eigenvalue weighted by atomic mass is 10.1. The maximum atomic E-state index is 11.4. The van der Waals surface area contributed by atoms with Crippen LogP contribution in [0.2, 0.25) is 0 Å². The lowest BCUT2D eigenvalue weighted by Gasteiger charge is -2.07. The molecular formula is C14H13N3O. The number of hydrogen-bond acceptors (Lipinski definition) is 3. The van der Waals surface area contributed by atoms with Crippen LogP contribution in [0.25, 0.3) is 0 Å². The molecule has 0 saturated carbocycles. The molecule has 0 saturated heterocycles. The summed E-state index contributed by atoms with van der Waals surface area (Å²) in [7, 11) is 0. The summed E-state index contributed by atoms with van der Waals surface area (Å²) in [5.41, 5.74) is 3.99. The molecule has 0 unspecified atom stereocenters. The van der Waals surface area contributed by atoms with Gasteiger partial charge >= 0.3 is 0 Å². The van der Waals surface area contributed by atoms with E-state index in [2.05, 4.69) is 15.6 Å². The highest BCUT2D eigenvalue weighted by molar-refractivity contribution is 5.98. The molecule has 0 spiro atoms. The van der Waals surface area contributed by atoms with Crippen LogP contribution in [0.1, 0.15) is 21.5 Å². The second-order valence-corrected chi connectivity index (χ2v) is 4.27. The van der Waals surface area contributed by atoms with Crippen molar-refractivity contribution in [1.29, 1.82) is 0 Å². The summed E-state index contributed by atoms with van der Waals surface area (Å²) < 4.78 is 0. The predicted molar refractivity (Wildman–Crippen MR) is 69.2 cm³/mol. The first-order valence-electron chi connectivity index (χ1n) is 5.87. The second-order valence-electron chi connectivity index (χ2n) is 4.27. The zero-order valence-corrected chi connectivity index (χ0v) is 9.81. The Bertz CT molecular complexity index is 581. The van der Waals surface area contributed by atoms with Gasteiger partial charge in [-0.25, -0.2) is 0 Å². The maximum absolute atomic E-state index is 11.4. The van der Waals surface area contributed by atoms with Gasteiger partial charge in [0, 0.05) is 36.7 Å². The fourth-order valence-electron chi connectivity index (χ4n) is 2.05. The standard InChI is InChI=1S/C14H13N3O/c18-14-13-4-3-12(6-11(13)9-17-14)16-8-10-2-1-5-15-7-10/h1-7,16H,8-9H2,(H,17,18). The number of hydrogen-bond donors (Lipinski definition) is 2. The molecule has 4 heteroatoms. The van der Waals surface area contributed by atoms with Gasteiger partial charge in [0.1, 0.15) is 0 Å². The van der Waals surface area contributed by atoms with Crippen LogP contribution >= 0.6 is 0 Å². The van der Waals surface area contributed by atoms with E-state index in [0.29, 0.717) is 6.54 Å². The van der Waals surface area contributed by atoms with Gasteiger partial charge in [0.25, 0.3) is 5.91 Å². The minimum Gasteiger partial charge on any atom is -0.381 e. The molecule has 0 radical (unpaired) electrons. The fourth-order valence-corrected chi connectivity index (χ4v) is 2.05. The van der Waals surface area contributed by atoms with Gasteiger partial charge in [0.05, 0.1) is 0 Å². The summed E-state index contributed by atoms with van der Waals surface area (Å²) >= 11 is 0. The van der Waals surface area contributed by atoms with E-state index < -0.39 is 0 Å². The number of pyridine rings is 1. The lowest BCUT2D eigenvalue weighted by Crippen LogP contribution is -2.12. The number of carbonyl (C=O) groups excluding carboxylic acids is 1. The first-order chi connectivity index (χ1) is 8.83. The third-order valence-corrected chi connectivity index (χ3v) is 3.01. The number of aromatic nitrogens is 1. The lowest BCUT2D eigenvalue weighted by molar-refractivity contribution is 0.0966. The van der Waals surface area contributed by atoms with E-state index in [9.17, 15) is 4.79 Å². The first kappa shape index (κ1) is 10.8. The zero-order valence-electron chi connectivity index (χ0n) is 9.81. The molecule has 1 amide bonds. The molecule has 3 rings (SSSR count). The van der Waals surface area contributed by atoms with Crippen molar-refractivity contribution in [3.63, 3.8) is 0 Å². The topological polar surface area (TPSA) is 54.0 Å². The van der Waals surface area contributed by atoms with Crippen molar-refractivity contribution in [2.75, 3.05) is 5.32 Å². The number of rotatable bonds is 3. The molecule has 0 aliphatic carbocycles. The van der Waals surface area contributed by atoms with Crippen molar-refractivity contribution in [1.82, 2.24) is 10.3 Å². The Balaban J connectivity index is 1.73. The van der Waals surface area contributed by atoms with Crippen LogP contribution in [-0.4, -0.2) is 10.9 Å². The van der Waals surface area contributed by atoms with Crippen LogP contribution in [0, 0.1) is 0 Å². The molecule has 4 nitrogen and oxygen atoms in total. The van der Waals surface area contributed by atoms with Crippen molar-refractivity contribution in [2.24, 2.45) is 0 Å². The van der Waals surface area contributed by atoms with Gasteiger partial charge < -0.3 is 10.6 Å². The molecule has 1 aromatic heterocycles. The van der Waals surface area contributed by atoms with Crippen molar-refractivity contribution in [2.45, 2.75) is 13.1 Å². The van der Waals surface area contributed by atoms with Crippen LogP contribution in [0.3, 0.4) is 0 Å². The molecule has 0 bridgehead atoms. The monoisotopic (exact) mass is 239 g/mol. The van der Waals surface area contributed by atoms with Gasteiger partial charge in [-0.15, -0.1) is 0 Å². The summed E-state index contributed by atoms with van der Waals surface area (Å²) in [6.07, 6.45) is 3.60. The highest BCUT2D eigenvalue weighted by atomic mass is 16.1. The van der Waals surface area contributed by atoms with Crippen LogP contribution in [0.15, 0.2) is 42.7 Å². The Kier molecular flexibility index (Phi) is 2.68. The van der Waals surface area contributed by atoms with Gasteiger partial charge in [0.2, 0.25) is 0 Å². The van der Waals surface area contributed by atoms with Gasteiger partial charge in [0.15, 0.2) is 0 Å². The van der Waals surface area contributed by atoms with Crippen LogP contribution in [0.5, 0.6) is 0 Å². The zero-order chi connectivity index (χ0) is 12.4. The predicted octanol–water partition coefficient (Wildman–Crippen LogP) is 1.94. The van der Waals surface area contributed by atoms with E-state index >= 15 is 0 Å². The van der Waals surface area contributed by atoms with Gasteiger partial charge in [-0.3, -0.25) is 9.78 Å². The SMILES string of the molecule is O=C1NCc2cc(NCc3cccnc3)ccc21. The van der Waals surface area contributed by atoms with Crippen LogP contribution in [-0.2, 0) is 13.1 Å². The minimum atomic E-state index is 0.0174. The Hall–Kier alpha value is -2.36. The number of nitrogens with one attached hydrogen (secondary N) is 2. The average molecular weight is 239 g/mol. The smallest absolute Gasteiger partial charge is 0.251 e. The van der Waals surface area contributed by atoms with E-state index in [-0.39, 0.29) is 5.91 Å². The maximum Gasteiger partial charge on any atom is 0.251 e. The van der Waals surface area contributed by atoms with Crippen LogP contribution in [0.4, 0.5) is 5.69 Å². The molecule has 2 heterocycles. The van der Waals surface area contributed by atoms with Crippen molar-refractivity contribution in [3.05, 3.63) is 59.4 Å². The van der Waals surface area contributed by atoms with E-state index in [1.807, 2.05) is 36.5 Å².